The number of nitrogens with zero attached hydrogens (tertiary/aromatic N) is 2. The van der Waals surface area contributed by atoms with Gasteiger partial charge >= 0.3 is 0 Å². The standard InChI is InChI=1S/C17H24ClN3O4/c1-19-17(21-3-4-23-13(10-21)11-22-2)20-9-12-7-14(18)16-15(8-12)24-5-6-25-16/h7-8,13H,3-6,9-11H2,1-2H3,(H,19,20). The van der Waals surface area contributed by atoms with Crippen molar-refractivity contribution in [1.29, 1.82) is 0 Å². The van der Waals surface area contributed by atoms with Crippen LogP contribution in [0.1, 0.15) is 5.56 Å². The van der Waals surface area contributed by atoms with E-state index in [1.807, 2.05) is 12.1 Å². The first-order valence-electron chi connectivity index (χ1n) is 8.35. The van der Waals surface area contributed by atoms with E-state index in [-0.39, 0.29) is 6.10 Å². The normalized spacial score (nSPS) is 20.5. The second kappa shape index (κ2) is 8.60. The van der Waals surface area contributed by atoms with E-state index in [1.165, 1.54) is 0 Å². The number of methoxy groups -OCH3 is 1. The van der Waals surface area contributed by atoms with Crippen molar-refractivity contribution in [2.24, 2.45) is 4.99 Å². The predicted molar refractivity (Wildman–Crippen MR) is 95.8 cm³/mol. The summed E-state index contributed by atoms with van der Waals surface area (Å²) in [6.45, 7) is 4.43. The van der Waals surface area contributed by atoms with Crippen LogP contribution < -0.4 is 14.8 Å². The molecule has 1 aromatic carbocycles. The van der Waals surface area contributed by atoms with E-state index in [0.29, 0.717) is 49.5 Å². The van der Waals surface area contributed by atoms with Gasteiger partial charge < -0.3 is 29.2 Å². The fourth-order valence-electron chi connectivity index (χ4n) is 2.98. The van der Waals surface area contributed by atoms with Gasteiger partial charge in [0, 0.05) is 33.8 Å². The van der Waals surface area contributed by atoms with Gasteiger partial charge in [0.15, 0.2) is 17.5 Å². The first-order valence-corrected chi connectivity index (χ1v) is 8.73. The molecular formula is C17H24ClN3O4. The van der Waals surface area contributed by atoms with E-state index < -0.39 is 0 Å². The third-order valence-corrected chi connectivity index (χ3v) is 4.39. The zero-order valence-corrected chi connectivity index (χ0v) is 15.3. The van der Waals surface area contributed by atoms with Crippen molar-refractivity contribution in [1.82, 2.24) is 10.2 Å². The Morgan fingerprint density at radius 1 is 1.36 bits per heavy atom. The number of hydrogen-bond donors (Lipinski definition) is 1. The summed E-state index contributed by atoms with van der Waals surface area (Å²) >= 11 is 6.30. The Balaban J connectivity index is 1.62. The van der Waals surface area contributed by atoms with Crippen molar-refractivity contribution in [2.45, 2.75) is 12.6 Å². The first kappa shape index (κ1) is 18.1. The Morgan fingerprint density at radius 2 is 2.20 bits per heavy atom. The number of morpholine rings is 1. The van der Waals surface area contributed by atoms with Crippen molar-refractivity contribution in [2.75, 3.05) is 53.7 Å². The lowest BCUT2D eigenvalue weighted by Gasteiger charge is -2.34. The van der Waals surface area contributed by atoms with Crippen LogP contribution in [0.25, 0.3) is 0 Å². The van der Waals surface area contributed by atoms with Gasteiger partial charge in [-0.3, -0.25) is 4.99 Å². The van der Waals surface area contributed by atoms with E-state index in [0.717, 1.165) is 24.6 Å². The molecule has 0 radical (unpaired) electrons. The lowest BCUT2D eigenvalue weighted by Crippen LogP contribution is -2.51. The molecule has 1 unspecified atom stereocenters. The Hall–Kier alpha value is -1.70. The van der Waals surface area contributed by atoms with Gasteiger partial charge in [-0.15, -0.1) is 0 Å². The maximum Gasteiger partial charge on any atom is 0.194 e. The Labute approximate surface area is 152 Å². The Kier molecular flexibility index (Phi) is 6.23. The van der Waals surface area contributed by atoms with Crippen LogP contribution in [0.4, 0.5) is 0 Å². The summed E-state index contributed by atoms with van der Waals surface area (Å²) in [6, 6.07) is 3.84. The summed E-state index contributed by atoms with van der Waals surface area (Å²) in [7, 11) is 3.46. The van der Waals surface area contributed by atoms with Gasteiger partial charge in [0.25, 0.3) is 0 Å². The molecule has 0 amide bonds. The van der Waals surface area contributed by atoms with Crippen molar-refractivity contribution < 1.29 is 18.9 Å². The molecule has 1 aromatic rings. The molecule has 0 saturated carbocycles. The molecule has 1 atom stereocenters. The molecule has 2 aliphatic rings. The maximum atomic E-state index is 6.30. The van der Waals surface area contributed by atoms with Gasteiger partial charge in [0.2, 0.25) is 0 Å². The molecule has 0 aromatic heterocycles. The van der Waals surface area contributed by atoms with Gasteiger partial charge in [0.1, 0.15) is 13.2 Å². The molecule has 138 valence electrons. The number of halogens is 1. The fraction of sp³-hybridized carbons (Fsp3) is 0.588. The monoisotopic (exact) mass is 369 g/mol. The summed E-state index contributed by atoms with van der Waals surface area (Å²) < 4.78 is 22.1. The maximum absolute atomic E-state index is 6.30. The number of rotatable bonds is 4. The predicted octanol–water partition coefficient (Wildman–Crippen LogP) is 1.53. The highest BCUT2D eigenvalue weighted by Crippen LogP contribution is 2.38. The van der Waals surface area contributed by atoms with Crippen LogP contribution in [-0.2, 0) is 16.0 Å². The van der Waals surface area contributed by atoms with E-state index in [9.17, 15) is 0 Å². The lowest BCUT2D eigenvalue weighted by molar-refractivity contribution is -0.0447. The molecule has 8 heteroatoms. The molecule has 7 nitrogen and oxygen atoms in total. The Bertz CT molecular complexity index is 624. The Morgan fingerprint density at radius 3 is 3.00 bits per heavy atom. The minimum absolute atomic E-state index is 0.0565. The number of benzene rings is 1. The zero-order chi connectivity index (χ0) is 17.6. The summed E-state index contributed by atoms with van der Waals surface area (Å²) in [4.78, 5) is 6.55. The number of guanidine groups is 1. The molecule has 1 fully saturated rings. The first-order chi connectivity index (χ1) is 12.2. The molecule has 2 heterocycles. The van der Waals surface area contributed by atoms with E-state index in [4.69, 9.17) is 30.5 Å². The van der Waals surface area contributed by atoms with Crippen molar-refractivity contribution in [3.05, 3.63) is 22.7 Å². The van der Waals surface area contributed by atoms with Crippen molar-refractivity contribution >= 4 is 17.6 Å². The van der Waals surface area contributed by atoms with Crippen LogP contribution in [0.3, 0.4) is 0 Å². The number of ether oxygens (including phenoxy) is 4. The molecule has 1 saturated heterocycles. The fourth-order valence-corrected chi connectivity index (χ4v) is 3.27. The van der Waals surface area contributed by atoms with Crippen LogP contribution in [0.2, 0.25) is 5.02 Å². The largest absolute Gasteiger partial charge is 0.486 e. The van der Waals surface area contributed by atoms with E-state index in [2.05, 4.69) is 15.2 Å². The van der Waals surface area contributed by atoms with Gasteiger partial charge in [0.05, 0.1) is 24.3 Å². The lowest BCUT2D eigenvalue weighted by atomic mass is 10.2. The van der Waals surface area contributed by atoms with Crippen LogP contribution in [0, 0.1) is 0 Å². The summed E-state index contributed by atoms with van der Waals surface area (Å²) in [5, 5.41) is 3.94. The molecule has 2 aliphatic heterocycles. The minimum atomic E-state index is 0.0565. The van der Waals surface area contributed by atoms with Gasteiger partial charge in [-0.2, -0.15) is 0 Å². The van der Waals surface area contributed by atoms with Crippen molar-refractivity contribution in [3.8, 4) is 11.5 Å². The van der Waals surface area contributed by atoms with Gasteiger partial charge in [-0.25, -0.2) is 0 Å². The van der Waals surface area contributed by atoms with Crippen LogP contribution in [0.5, 0.6) is 11.5 Å². The van der Waals surface area contributed by atoms with Gasteiger partial charge in [-0.05, 0) is 17.7 Å². The molecule has 25 heavy (non-hydrogen) atoms. The van der Waals surface area contributed by atoms with Crippen LogP contribution >= 0.6 is 11.6 Å². The second-order valence-corrected chi connectivity index (χ2v) is 6.30. The van der Waals surface area contributed by atoms with E-state index in [1.54, 1.807) is 14.2 Å². The number of nitrogens with one attached hydrogen (secondary N) is 1. The summed E-state index contributed by atoms with van der Waals surface area (Å²) in [6.07, 6.45) is 0.0565. The number of aliphatic imine (C=N–C) groups is 1. The smallest absolute Gasteiger partial charge is 0.194 e. The summed E-state index contributed by atoms with van der Waals surface area (Å²) in [5.41, 5.74) is 1.01. The quantitative estimate of drug-likeness (QED) is 0.641. The molecule has 1 N–H and O–H groups in total. The molecule has 0 aliphatic carbocycles. The second-order valence-electron chi connectivity index (χ2n) is 5.90. The van der Waals surface area contributed by atoms with Crippen LogP contribution in [0.15, 0.2) is 17.1 Å². The zero-order valence-electron chi connectivity index (χ0n) is 14.6. The molecule has 3 rings (SSSR count). The average molecular weight is 370 g/mol. The number of hydrogen-bond acceptors (Lipinski definition) is 5. The van der Waals surface area contributed by atoms with Crippen LogP contribution in [-0.4, -0.2) is 70.6 Å². The highest BCUT2D eigenvalue weighted by Gasteiger charge is 2.23. The highest BCUT2D eigenvalue weighted by atomic mass is 35.5. The van der Waals surface area contributed by atoms with Gasteiger partial charge in [-0.1, -0.05) is 11.6 Å². The van der Waals surface area contributed by atoms with Crippen molar-refractivity contribution in [3.63, 3.8) is 0 Å². The van der Waals surface area contributed by atoms with E-state index >= 15 is 0 Å². The number of fused-ring (bicyclic) bond motifs is 1. The third-order valence-electron chi connectivity index (χ3n) is 4.11. The topological polar surface area (TPSA) is 64.6 Å². The molecule has 0 bridgehead atoms. The SMILES string of the molecule is CN=C(NCc1cc(Cl)c2c(c1)OCCO2)N1CCOC(COC)C1. The average Bonchev–Trinajstić information content (AvgIpc) is 2.63. The minimum Gasteiger partial charge on any atom is -0.486 e. The molecular weight excluding hydrogens is 346 g/mol. The molecule has 0 spiro atoms. The third kappa shape index (κ3) is 4.48. The summed E-state index contributed by atoms with van der Waals surface area (Å²) in [5.74, 6) is 2.14. The highest BCUT2D eigenvalue weighted by molar-refractivity contribution is 6.32.